The normalized spacial score (nSPS) is 19.6. The number of likely N-dealkylation sites (tertiary alicyclic amines) is 1. The molecule has 0 saturated carbocycles. The lowest BCUT2D eigenvalue weighted by Crippen LogP contribution is -2.44. The monoisotopic (exact) mass is 467 g/mol. The number of fused-ring (bicyclic) bond motifs is 1. The first kappa shape index (κ1) is 22.2. The predicted octanol–water partition coefficient (Wildman–Crippen LogP) is 4.97. The third kappa shape index (κ3) is 4.22. The number of benzene rings is 2. The number of carboxylic acid groups (broad SMARTS) is 1. The van der Waals surface area contributed by atoms with Gasteiger partial charge in [0.2, 0.25) is 0 Å². The van der Waals surface area contributed by atoms with Gasteiger partial charge in [-0.1, -0.05) is 35.0 Å². The summed E-state index contributed by atoms with van der Waals surface area (Å²) < 4.78 is 0. The first-order chi connectivity index (χ1) is 15.8. The summed E-state index contributed by atoms with van der Waals surface area (Å²) in [6.45, 7) is 8.35. The summed E-state index contributed by atoms with van der Waals surface area (Å²) in [7, 11) is 0. The van der Waals surface area contributed by atoms with Gasteiger partial charge in [-0.15, -0.1) is 0 Å². The fraction of sp³-hybridized carbons (Fsp3) is 0.462. The molecular formula is C26H30ClN3O3. The van der Waals surface area contributed by atoms with Crippen LogP contribution in [0.3, 0.4) is 0 Å². The van der Waals surface area contributed by atoms with Crippen LogP contribution in [0.4, 0.5) is 5.69 Å². The van der Waals surface area contributed by atoms with Crippen molar-refractivity contribution >= 4 is 29.0 Å². The Bertz CT molecular complexity index is 1090. The number of oxime groups is 1. The highest BCUT2D eigenvalue weighted by atomic mass is 35.5. The van der Waals surface area contributed by atoms with Crippen LogP contribution in [0, 0.1) is 0 Å². The molecule has 3 aliphatic rings. The van der Waals surface area contributed by atoms with Gasteiger partial charge in [-0.2, -0.15) is 0 Å². The van der Waals surface area contributed by atoms with Crippen molar-refractivity contribution in [3.63, 3.8) is 0 Å². The summed E-state index contributed by atoms with van der Waals surface area (Å²) in [6, 6.07) is 11.6. The summed E-state index contributed by atoms with van der Waals surface area (Å²) in [5.74, 6) is -0.918. The van der Waals surface area contributed by atoms with Crippen LogP contribution >= 0.6 is 11.6 Å². The number of halogens is 1. The van der Waals surface area contributed by atoms with Crippen molar-refractivity contribution in [3.8, 4) is 0 Å². The SMILES string of the molecule is CC(C)N1CCc2c(CN3CCC4(CC3)CC(c3ccc(C(=O)O)cc3)=NO4)ccc(Cl)c21. The van der Waals surface area contributed by atoms with Crippen LogP contribution in [0.15, 0.2) is 41.6 Å². The fourth-order valence-corrected chi connectivity index (χ4v) is 5.64. The minimum Gasteiger partial charge on any atom is -0.478 e. The standard InChI is InChI=1S/C26H30ClN3O3/c1-17(2)30-12-9-21-20(7-8-22(27)24(21)30)16-29-13-10-26(11-14-29)15-23(28-33-26)18-3-5-19(6-4-18)25(31)32/h3-8,17H,9-16H2,1-2H3,(H,31,32). The van der Waals surface area contributed by atoms with E-state index in [1.165, 1.54) is 16.8 Å². The average molecular weight is 468 g/mol. The minimum atomic E-state index is -0.918. The van der Waals surface area contributed by atoms with Crippen molar-refractivity contribution in [1.29, 1.82) is 0 Å². The van der Waals surface area contributed by atoms with E-state index < -0.39 is 5.97 Å². The number of nitrogens with zero attached hydrogens (tertiary/aromatic N) is 3. The van der Waals surface area contributed by atoms with Crippen LogP contribution in [0.5, 0.6) is 0 Å². The molecule has 0 atom stereocenters. The van der Waals surface area contributed by atoms with Gasteiger partial charge in [-0.25, -0.2) is 4.79 Å². The number of carbonyl (C=O) groups is 1. The maximum absolute atomic E-state index is 11.1. The molecule has 0 unspecified atom stereocenters. The summed E-state index contributed by atoms with van der Waals surface area (Å²) in [6.07, 6.45) is 3.69. The zero-order valence-electron chi connectivity index (χ0n) is 19.2. The van der Waals surface area contributed by atoms with Gasteiger partial charge in [0.05, 0.1) is 22.0 Å². The lowest BCUT2D eigenvalue weighted by Gasteiger charge is -2.37. The van der Waals surface area contributed by atoms with E-state index in [2.05, 4.69) is 40.9 Å². The first-order valence-corrected chi connectivity index (χ1v) is 12.1. The minimum absolute atomic E-state index is 0.242. The lowest BCUT2D eigenvalue weighted by atomic mass is 9.85. The smallest absolute Gasteiger partial charge is 0.335 e. The molecule has 0 bridgehead atoms. The van der Waals surface area contributed by atoms with Crippen LogP contribution in [0.25, 0.3) is 0 Å². The molecule has 6 nitrogen and oxygen atoms in total. The van der Waals surface area contributed by atoms with Crippen molar-refractivity contribution in [1.82, 2.24) is 4.90 Å². The second-order valence-electron chi connectivity index (χ2n) is 9.72. The number of anilines is 1. The van der Waals surface area contributed by atoms with Gasteiger partial charge in [0.25, 0.3) is 0 Å². The Balaban J connectivity index is 1.22. The molecule has 2 aromatic carbocycles. The Morgan fingerprint density at radius 2 is 1.88 bits per heavy atom. The van der Waals surface area contributed by atoms with Gasteiger partial charge in [0.15, 0.2) is 0 Å². The van der Waals surface area contributed by atoms with E-state index in [1.54, 1.807) is 12.1 Å². The van der Waals surface area contributed by atoms with E-state index in [9.17, 15) is 4.79 Å². The maximum Gasteiger partial charge on any atom is 0.335 e. The van der Waals surface area contributed by atoms with Crippen LogP contribution in [-0.2, 0) is 17.8 Å². The van der Waals surface area contributed by atoms with Gasteiger partial charge in [0, 0.05) is 51.5 Å². The molecule has 0 amide bonds. The molecule has 7 heteroatoms. The van der Waals surface area contributed by atoms with Crippen molar-refractivity contribution in [2.45, 2.75) is 57.7 Å². The van der Waals surface area contributed by atoms with Gasteiger partial charge < -0.3 is 14.8 Å². The van der Waals surface area contributed by atoms with Crippen molar-refractivity contribution in [2.24, 2.45) is 5.16 Å². The predicted molar refractivity (Wildman–Crippen MR) is 131 cm³/mol. The number of aromatic carboxylic acids is 1. The van der Waals surface area contributed by atoms with Crippen molar-refractivity contribution < 1.29 is 14.7 Å². The quantitative estimate of drug-likeness (QED) is 0.672. The Morgan fingerprint density at radius 3 is 2.55 bits per heavy atom. The highest BCUT2D eigenvalue weighted by Crippen LogP contribution is 2.40. The maximum atomic E-state index is 11.1. The number of hydrogen-bond acceptors (Lipinski definition) is 5. The molecule has 1 saturated heterocycles. The number of piperidine rings is 1. The number of rotatable bonds is 5. The van der Waals surface area contributed by atoms with E-state index in [0.717, 1.165) is 68.2 Å². The average Bonchev–Trinajstić information content (AvgIpc) is 3.43. The topological polar surface area (TPSA) is 65.4 Å². The Kier molecular flexibility index (Phi) is 5.83. The largest absolute Gasteiger partial charge is 0.478 e. The molecule has 0 aromatic heterocycles. The highest BCUT2D eigenvalue weighted by Gasteiger charge is 2.42. The summed E-state index contributed by atoms with van der Waals surface area (Å²) in [5.41, 5.74) is 5.90. The molecule has 0 radical (unpaired) electrons. The molecule has 0 aliphatic carbocycles. The second-order valence-corrected chi connectivity index (χ2v) is 10.1. The number of hydrogen-bond donors (Lipinski definition) is 1. The van der Waals surface area contributed by atoms with Gasteiger partial charge in [0.1, 0.15) is 5.60 Å². The lowest BCUT2D eigenvalue weighted by molar-refractivity contribution is -0.0627. The molecule has 5 rings (SSSR count). The van der Waals surface area contributed by atoms with Crippen LogP contribution < -0.4 is 4.90 Å². The summed E-state index contributed by atoms with van der Waals surface area (Å²) >= 11 is 6.58. The van der Waals surface area contributed by atoms with Gasteiger partial charge in [-0.05, 0) is 55.2 Å². The molecule has 3 heterocycles. The molecule has 3 aliphatic heterocycles. The molecule has 1 spiro atoms. The zero-order valence-corrected chi connectivity index (χ0v) is 19.9. The molecule has 33 heavy (non-hydrogen) atoms. The van der Waals surface area contributed by atoms with Crippen LogP contribution in [0.2, 0.25) is 5.02 Å². The van der Waals surface area contributed by atoms with Crippen molar-refractivity contribution in [2.75, 3.05) is 24.5 Å². The summed E-state index contributed by atoms with van der Waals surface area (Å²) in [4.78, 5) is 22.0. The van der Waals surface area contributed by atoms with Crippen LogP contribution in [0.1, 0.15) is 60.2 Å². The van der Waals surface area contributed by atoms with E-state index >= 15 is 0 Å². The zero-order chi connectivity index (χ0) is 23.2. The van der Waals surface area contributed by atoms with E-state index in [-0.39, 0.29) is 11.2 Å². The summed E-state index contributed by atoms with van der Waals surface area (Å²) in [5, 5.41) is 14.3. The fourth-order valence-electron chi connectivity index (χ4n) is 5.36. The Labute approximate surface area is 199 Å². The Hall–Kier alpha value is -2.57. The van der Waals surface area contributed by atoms with E-state index in [4.69, 9.17) is 21.5 Å². The highest BCUT2D eigenvalue weighted by molar-refractivity contribution is 6.33. The molecule has 1 fully saturated rings. The van der Waals surface area contributed by atoms with E-state index in [1.807, 2.05) is 12.1 Å². The first-order valence-electron chi connectivity index (χ1n) is 11.7. The molecule has 1 N–H and O–H groups in total. The van der Waals surface area contributed by atoms with Gasteiger partial charge in [-0.3, -0.25) is 4.90 Å². The molecule has 174 valence electrons. The van der Waals surface area contributed by atoms with Crippen LogP contribution in [-0.4, -0.2) is 53.0 Å². The second kappa shape index (κ2) is 8.65. The molecule has 2 aromatic rings. The number of carboxylic acids is 1. The van der Waals surface area contributed by atoms with Gasteiger partial charge >= 0.3 is 5.97 Å². The Morgan fingerprint density at radius 1 is 1.15 bits per heavy atom. The third-order valence-corrected chi connectivity index (χ3v) is 7.61. The third-order valence-electron chi connectivity index (χ3n) is 7.31. The van der Waals surface area contributed by atoms with E-state index in [0.29, 0.717) is 6.04 Å². The molecular weight excluding hydrogens is 438 g/mol. The van der Waals surface area contributed by atoms with Crippen molar-refractivity contribution in [3.05, 3.63) is 63.7 Å².